The van der Waals surface area contributed by atoms with Gasteiger partial charge < -0.3 is 15.0 Å². The molecule has 2 aromatic rings. The summed E-state index contributed by atoms with van der Waals surface area (Å²) >= 11 is 6.55. The predicted molar refractivity (Wildman–Crippen MR) is 97.3 cm³/mol. The summed E-state index contributed by atoms with van der Waals surface area (Å²) in [5, 5.41) is 11.2. The number of hydrogen-bond acceptors (Lipinski definition) is 6. The van der Waals surface area contributed by atoms with Crippen LogP contribution in [0, 0.1) is 5.82 Å². The summed E-state index contributed by atoms with van der Waals surface area (Å²) in [7, 11) is 0. The highest BCUT2D eigenvalue weighted by atomic mass is 32.2. The number of nitrogens with zero attached hydrogens (tertiary/aromatic N) is 4. The van der Waals surface area contributed by atoms with Gasteiger partial charge in [0, 0.05) is 19.2 Å². The number of halogens is 1. The van der Waals surface area contributed by atoms with Crippen LogP contribution in [-0.2, 0) is 11.3 Å². The highest BCUT2D eigenvalue weighted by molar-refractivity contribution is 8.22. The van der Waals surface area contributed by atoms with Crippen molar-refractivity contribution < 1.29 is 9.13 Å². The number of aromatic nitrogens is 3. The highest BCUT2D eigenvalue weighted by Gasteiger charge is 2.16. The Morgan fingerprint density at radius 1 is 1.42 bits per heavy atom. The second kappa shape index (κ2) is 7.91. The van der Waals surface area contributed by atoms with Crippen LogP contribution in [0.4, 0.5) is 10.1 Å². The van der Waals surface area contributed by atoms with Crippen molar-refractivity contribution in [2.24, 2.45) is 0 Å². The minimum Gasteiger partial charge on any atom is -0.378 e. The molecule has 0 amide bonds. The van der Waals surface area contributed by atoms with E-state index in [4.69, 9.17) is 17.0 Å². The van der Waals surface area contributed by atoms with E-state index < -0.39 is 0 Å². The second-order valence-electron chi connectivity index (χ2n) is 5.23. The highest BCUT2D eigenvalue weighted by Crippen LogP contribution is 2.23. The molecular formula is C15H18FN5OS2. The Kier molecular flexibility index (Phi) is 5.64. The van der Waals surface area contributed by atoms with Gasteiger partial charge in [0.05, 0.1) is 37.3 Å². The Balaban J connectivity index is 1.72. The predicted octanol–water partition coefficient (Wildman–Crippen LogP) is 1.98. The number of anilines is 1. The summed E-state index contributed by atoms with van der Waals surface area (Å²) in [5.41, 5.74) is 1.97. The summed E-state index contributed by atoms with van der Waals surface area (Å²) in [6.45, 7) is 3.14. The minimum atomic E-state index is -0.270. The lowest BCUT2D eigenvalue weighted by atomic mass is 10.2. The average molecular weight is 367 g/mol. The first kappa shape index (κ1) is 17.1. The lowest BCUT2D eigenvalue weighted by Crippen LogP contribution is -2.36. The third-order valence-electron chi connectivity index (χ3n) is 3.69. The normalized spacial score (nSPS) is 14.7. The first-order valence-corrected chi connectivity index (χ1v) is 9.16. The van der Waals surface area contributed by atoms with Gasteiger partial charge in [0.1, 0.15) is 15.8 Å². The molecule has 2 heterocycles. The van der Waals surface area contributed by atoms with Crippen molar-refractivity contribution in [2.75, 3.05) is 37.5 Å². The van der Waals surface area contributed by atoms with Crippen molar-refractivity contribution in [3.63, 3.8) is 0 Å². The van der Waals surface area contributed by atoms with E-state index in [0.717, 1.165) is 5.69 Å². The van der Waals surface area contributed by atoms with Gasteiger partial charge in [-0.1, -0.05) is 17.4 Å². The third-order valence-corrected chi connectivity index (χ3v) is 4.85. The van der Waals surface area contributed by atoms with Gasteiger partial charge in [-0.15, -0.1) is 16.9 Å². The monoisotopic (exact) mass is 367 g/mol. The van der Waals surface area contributed by atoms with Crippen LogP contribution >= 0.6 is 24.0 Å². The molecule has 3 rings (SSSR count). The van der Waals surface area contributed by atoms with Gasteiger partial charge in [-0.2, -0.15) is 0 Å². The number of thiocarbonyl (C=S) groups is 1. The van der Waals surface area contributed by atoms with Crippen LogP contribution in [0.1, 0.15) is 5.69 Å². The number of rotatable bonds is 4. The number of hydrogen-bond donors (Lipinski definition) is 1. The number of benzene rings is 1. The van der Waals surface area contributed by atoms with Crippen molar-refractivity contribution >= 4 is 34.0 Å². The molecule has 1 aromatic carbocycles. The van der Waals surface area contributed by atoms with Gasteiger partial charge in [0.25, 0.3) is 0 Å². The first-order chi connectivity index (χ1) is 11.7. The van der Waals surface area contributed by atoms with Crippen molar-refractivity contribution in [3.8, 4) is 5.69 Å². The van der Waals surface area contributed by atoms with Crippen molar-refractivity contribution in [2.45, 2.75) is 6.54 Å². The van der Waals surface area contributed by atoms with E-state index in [1.807, 2.05) is 17.2 Å². The molecule has 128 valence electrons. The van der Waals surface area contributed by atoms with Crippen LogP contribution in [-0.4, -0.2) is 51.9 Å². The molecule has 9 heteroatoms. The molecule has 24 heavy (non-hydrogen) atoms. The van der Waals surface area contributed by atoms with Gasteiger partial charge in [-0.25, -0.2) is 9.07 Å². The Morgan fingerprint density at radius 3 is 2.92 bits per heavy atom. The number of ether oxygens (including phenoxy) is 1. The van der Waals surface area contributed by atoms with Gasteiger partial charge >= 0.3 is 0 Å². The lowest BCUT2D eigenvalue weighted by Gasteiger charge is -2.29. The summed E-state index contributed by atoms with van der Waals surface area (Å²) in [5.74, 6) is -0.270. The maximum Gasteiger partial charge on any atom is 0.148 e. The van der Waals surface area contributed by atoms with Crippen molar-refractivity contribution in [1.29, 1.82) is 0 Å². The van der Waals surface area contributed by atoms with E-state index in [0.29, 0.717) is 48.5 Å². The molecule has 1 N–H and O–H groups in total. The zero-order valence-electron chi connectivity index (χ0n) is 13.2. The SMILES string of the molecule is CSC(=S)NCc1cn(-c2ccc(N3CCOCC3)c(F)c2)nn1. The summed E-state index contributed by atoms with van der Waals surface area (Å²) in [6, 6.07) is 5.09. The quantitative estimate of drug-likeness (QED) is 0.829. The van der Waals surface area contributed by atoms with Crippen LogP contribution in [0.5, 0.6) is 0 Å². The van der Waals surface area contributed by atoms with E-state index in [2.05, 4.69) is 15.6 Å². The fraction of sp³-hybridized carbons (Fsp3) is 0.400. The fourth-order valence-corrected chi connectivity index (χ4v) is 2.73. The molecule has 6 nitrogen and oxygen atoms in total. The summed E-state index contributed by atoms with van der Waals surface area (Å²) < 4.78 is 22.0. The molecule has 1 saturated heterocycles. The molecule has 1 aliphatic heterocycles. The number of morpholine rings is 1. The van der Waals surface area contributed by atoms with Gasteiger partial charge in [0.2, 0.25) is 0 Å². The molecule has 1 fully saturated rings. The molecule has 0 radical (unpaired) electrons. The van der Waals surface area contributed by atoms with Crippen LogP contribution in [0.2, 0.25) is 0 Å². The molecular weight excluding hydrogens is 349 g/mol. The third kappa shape index (κ3) is 4.03. The second-order valence-corrected chi connectivity index (χ2v) is 6.72. The zero-order valence-corrected chi connectivity index (χ0v) is 14.9. The minimum absolute atomic E-state index is 0.270. The lowest BCUT2D eigenvalue weighted by molar-refractivity contribution is 0.122. The largest absolute Gasteiger partial charge is 0.378 e. The van der Waals surface area contributed by atoms with Crippen LogP contribution in [0.3, 0.4) is 0 Å². The fourth-order valence-electron chi connectivity index (χ4n) is 2.44. The Bertz CT molecular complexity index is 718. The van der Waals surface area contributed by atoms with E-state index in [9.17, 15) is 4.39 Å². The molecule has 0 atom stereocenters. The molecule has 0 aliphatic carbocycles. The first-order valence-electron chi connectivity index (χ1n) is 7.53. The molecule has 1 aromatic heterocycles. The molecule has 0 unspecified atom stereocenters. The summed E-state index contributed by atoms with van der Waals surface area (Å²) in [6.07, 6.45) is 3.67. The average Bonchev–Trinajstić information content (AvgIpc) is 3.09. The molecule has 0 saturated carbocycles. The maximum atomic E-state index is 14.5. The van der Waals surface area contributed by atoms with Crippen LogP contribution in [0.15, 0.2) is 24.4 Å². The smallest absolute Gasteiger partial charge is 0.148 e. The number of thioether (sulfide) groups is 1. The van der Waals surface area contributed by atoms with Crippen molar-refractivity contribution in [3.05, 3.63) is 35.9 Å². The van der Waals surface area contributed by atoms with E-state index in [1.165, 1.54) is 17.8 Å². The van der Waals surface area contributed by atoms with Crippen LogP contribution < -0.4 is 10.2 Å². The van der Waals surface area contributed by atoms with Gasteiger partial charge in [-0.05, 0) is 18.4 Å². The van der Waals surface area contributed by atoms with Crippen LogP contribution in [0.25, 0.3) is 5.69 Å². The molecule has 1 aliphatic rings. The maximum absolute atomic E-state index is 14.5. The van der Waals surface area contributed by atoms with E-state index in [-0.39, 0.29) is 5.82 Å². The Hall–Kier alpha value is -1.71. The molecule has 0 bridgehead atoms. The zero-order chi connectivity index (χ0) is 16.9. The topological polar surface area (TPSA) is 55.2 Å². The van der Waals surface area contributed by atoms with Gasteiger partial charge in [0.15, 0.2) is 0 Å². The molecule has 0 spiro atoms. The number of nitrogens with one attached hydrogen (secondary N) is 1. The summed E-state index contributed by atoms with van der Waals surface area (Å²) in [4.78, 5) is 1.99. The van der Waals surface area contributed by atoms with E-state index in [1.54, 1.807) is 16.9 Å². The standard InChI is InChI=1S/C15H18FN5OS2/c1-24-15(23)17-9-11-10-21(19-18-11)12-2-3-14(13(16)8-12)20-4-6-22-7-5-20/h2-3,8,10H,4-7,9H2,1H3,(H,17,23). The Morgan fingerprint density at radius 2 is 2.21 bits per heavy atom. The Labute approximate surface area is 149 Å². The van der Waals surface area contributed by atoms with Gasteiger partial charge in [-0.3, -0.25) is 0 Å². The van der Waals surface area contributed by atoms with Crippen molar-refractivity contribution in [1.82, 2.24) is 20.3 Å². The van der Waals surface area contributed by atoms with E-state index >= 15 is 0 Å².